The van der Waals surface area contributed by atoms with Crippen molar-refractivity contribution >= 4 is 23.3 Å². The fourth-order valence-corrected chi connectivity index (χ4v) is 2.03. The van der Waals surface area contributed by atoms with Gasteiger partial charge in [0.15, 0.2) is 0 Å². The van der Waals surface area contributed by atoms with Crippen molar-refractivity contribution in [3.05, 3.63) is 53.1 Å². The molecule has 5 heteroatoms. The van der Waals surface area contributed by atoms with E-state index in [4.69, 9.17) is 5.11 Å². The molecule has 1 aromatic carbocycles. The minimum absolute atomic E-state index is 0.0488. The number of carboxylic acids is 1. The SMILES string of the molecule is C=CCC1=C(O)c2cccc(C(=O)O)c2C(=O)C1=O. The molecular formula is C14H10O5. The minimum atomic E-state index is -1.32. The van der Waals surface area contributed by atoms with Gasteiger partial charge >= 0.3 is 5.97 Å². The third kappa shape index (κ3) is 1.85. The lowest BCUT2D eigenvalue weighted by Gasteiger charge is -2.18. The molecule has 0 amide bonds. The highest BCUT2D eigenvalue weighted by molar-refractivity contribution is 6.53. The highest BCUT2D eigenvalue weighted by Gasteiger charge is 2.35. The van der Waals surface area contributed by atoms with Crippen LogP contribution in [0.15, 0.2) is 36.4 Å². The zero-order valence-electron chi connectivity index (χ0n) is 9.84. The first-order valence-electron chi connectivity index (χ1n) is 5.47. The number of rotatable bonds is 3. The largest absolute Gasteiger partial charge is 0.507 e. The Morgan fingerprint density at radius 2 is 1.95 bits per heavy atom. The predicted octanol–water partition coefficient (Wildman–Crippen LogP) is 2.00. The summed E-state index contributed by atoms with van der Waals surface area (Å²) >= 11 is 0. The summed E-state index contributed by atoms with van der Waals surface area (Å²) in [6.45, 7) is 3.45. The van der Waals surface area contributed by atoms with Crippen LogP contribution < -0.4 is 0 Å². The molecule has 1 aromatic rings. The average molecular weight is 258 g/mol. The van der Waals surface area contributed by atoms with E-state index < -0.39 is 17.5 Å². The summed E-state index contributed by atoms with van der Waals surface area (Å²) in [7, 11) is 0. The highest BCUT2D eigenvalue weighted by atomic mass is 16.4. The predicted molar refractivity (Wildman–Crippen MR) is 67.1 cm³/mol. The average Bonchev–Trinajstić information content (AvgIpc) is 2.40. The van der Waals surface area contributed by atoms with Crippen LogP contribution in [-0.4, -0.2) is 27.7 Å². The normalized spacial score (nSPS) is 14.3. The molecule has 0 saturated carbocycles. The maximum Gasteiger partial charge on any atom is 0.336 e. The van der Waals surface area contributed by atoms with Crippen LogP contribution in [0.3, 0.4) is 0 Å². The number of allylic oxidation sites excluding steroid dienone is 2. The smallest absolute Gasteiger partial charge is 0.336 e. The number of carboxylic acid groups (broad SMARTS) is 1. The van der Waals surface area contributed by atoms with Gasteiger partial charge in [-0.2, -0.15) is 0 Å². The number of Topliss-reactive ketones (excluding diaryl/α,β-unsaturated/α-hetero) is 2. The van der Waals surface area contributed by atoms with E-state index in [9.17, 15) is 19.5 Å². The lowest BCUT2D eigenvalue weighted by molar-refractivity contribution is -0.112. The molecule has 1 aliphatic carbocycles. The van der Waals surface area contributed by atoms with Gasteiger partial charge in [0.05, 0.1) is 11.1 Å². The first kappa shape index (κ1) is 12.8. The van der Waals surface area contributed by atoms with Gasteiger partial charge in [-0.1, -0.05) is 18.2 Å². The van der Waals surface area contributed by atoms with Gasteiger partial charge in [-0.3, -0.25) is 9.59 Å². The number of carbonyl (C=O) groups excluding carboxylic acids is 2. The molecule has 0 spiro atoms. The topological polar surface area (TPSA) is 91.7 Å². The minimum Gasteiger partial charge on any atom is -0.507 e. The standard InChI is InChI=1S/C14H10O5/c1-2-4-9-11(15)7-5-3-6-8(14(18)19)10(7)13(17)12(9)16/h2-3,5-6,15H,1,4H2,(H,18,19). The Balaban J connectivity index is 2.79. The molecular weight excluding hydrogens is 248 g/mol. The first-order chi connectivity index (χ1) is 8.99. The molecule has 0 unspecified atom stereocenters. The summed E-state index contributed by atoms with van der Waals surface area (Å²) in [6, 6.07) is 4.04. The van der Waals surface area contributed by atoms with Gasteiger partial charge in [0.1, 0.15) is 5.76 Å². The van der Waals surface area contributed by atoms with E-state index in [1.807, 2.05) is 0 Å². The number of fused-ring (bicyclic) bond motifs is 1. The Hall–Kier alpha value is -2.69. The summed E-state index contributed by atoms with van der Waals surface area (Å²) in [5.74, 6) is -3.48. The quantitative estimate of drug-likeness (QED) is 0.639. The number of hydrogen-bond acceptors (Lipinski definition) is 4. The second-order valence-electron chi connectivity index (χ2n) is 4.01. The van der Waals surface area contributed by atoms with Crippen LogP contribution in [0.25, 0.3) is 5.76 Å². The maximum absolute atomic E-state index is 12.0. The zero-order chi connectivity index (χ0) is 14.2. The summed E-state index contributed by atoms with van der Waals surface area (Å²) in [5, 5.41) is 19.0. The van der Waals surface area contributed by atoms with Gasteiger partial charge in [-0.15, -0.1) is 6.58 Å². The molecule has 1 aliphatic rings. The molecule has 0 saturated heterocycles. The molecule has 0 radical (unpaired) electrons. The van der Waals surface area contributed by atoms with Gasteiger partial charge in [-0.05, 0) is 12.5 Å². The third-order valence-corrected chi connectivity index (χ3v) is 2.89. The monoisotopic (exact) mass is 258 g/mol. The summed E-state index contributed by atoms with van der Waals surface area (Å²) < 4.78 is 0. The summed E-state index contributed by atoms with van der Waals surface area (Å²) in [6.07, 6.45) is 1.44. The van der Waals surface area contributed by atoms with Crippen LogP contribution in [0.2, 0.25) is 0 Å². The summed E-state index contributed by atoms with van der Waals surface area (Å²) in [5.41, 5.74) is -0.540. The fourth-order valence-electron chi connectivity index (χ4n) is 2.03. The summed E-state index contributed by atoms with van der Waals surface area (Å²) in [4.78, 5) is 34.9. The van der Waals surface area contributed by atoms with Crippen LogP contribution in [0.4, 0.5) is 0 Å². The number of aliphatic hydroxyl groups is 1. The molecule has 19 heavy (non-hydrogen) atoms. The number of carbonyl (C=O) groups is 3. The number of ketones is 2. The zero-order valence-corrected chi connectivity index (χ0v) is 9.84. The van der Waals surface area contributed by atoms with Crippen LogP contribution in [0, 0.1) is 0 Å². The van der Waals surface area contributed by atoms with Crippen molar-refractivity contribution < 1.29 is 24.6 Å². The van der Waals surface area contributed by atoms with Crippen molar-refractivity contribution in [2.45, 2.75) is 6.42 Å². The highest BCUT2D eigenvalue weighted by Crippen LogP contribution is 2.31. The Bertz CT molecular complexity index is 652. The van der Waals surface area contributed by atoms with Crippen molar-refractivity contribution in [2.75, 3.05) is 0 Å². The molecule has 96 valence electrons. The van der Waals surface area contributed by atoms with Crippen molar-refractivity contribution in [3.63, 3.8) is 0 Å². The van der Waals surface area contributed by atoms with E-state index in [2.05, 4.69) is 6.58 Å². The molecule has 2 rings (SSSR count). The van der Waals surface area contributed by atoms with Gasteiger partial charge < -0.3 is 10.2 Å². The van der Waals surface area contributed by atoms with Crippen molar-refractivity contribution in [2.24, 2.45) is 0 Å². The van der Waals surface area contributed by atoms with E-state index in [1.54, 1.807) is 0 Å². The maximum atomic E-state index is 12.0. The third-order valence-electron chi connectivity index (χ3n) is 2.89. The Labute approximate surface area is 108 Å². The Morgan fingerprint density at radius 1 is 1.26 bits per heavy atom. The van der Waals surface area contributed by atoms with E-state index in [0.29, 0.717) is 0 Å². The van der Waals surface area contributed by atoms with E-state index >= 15 is 0 Å². The Morgan fingerprint density at radius 3 is 2.53 bits per heavy atom. The van der Waals surface area contributed by atoms with Gasteiger partial charge in [0.2, 0.25) is 11.6 Å². The van der Waals surface area contributed by atoms with E-state index in [1.165, 1.54) is 24.3 Å². The second-order valence-corrected chi connectivity index (χ2v) is 4.01. The molecule has 5 nitrogen and oxygen atoms in total. The van der Waals surface area contributed by atoms with Gasteiger partial charge in [-0.25, -0.2) is 4.79 Å². The second kappa shape index (κ2) is 4.53. The molecule has 0 bridgehead atoms. The number of aliphatic hydroxyl groups excluding tert-OH is 1. The number of hydrogen-bond donors (Lipinski definition) is 2. The van der Waals surface area contributed by atoms with Crippen LogP contribution >= 0.6 is 0 Å². The van der Waals surface area contributed by atoms with Crippen LogP contribution in [0.5, 0.6) is 0 Å². The molecule has 0 atom stereocenters. The van der Waals surface area contributed by atoms with Gasteiger partial charge in [0, 0.05) is 11.1 Å². The van der Waals surface area contributed by atoms with Gasteiger partial charge in [0.25, 0.3) is 0 Å². The number of benzene rings is 1. The lowest BCUT2D eigenvalue weighted by atomic mass is 9.84. The van der Waals surface area contributed by atoms with Crippen molar-refractivity contribution in [1.82, 2.24) is 0 Å². The van der Waals surface area contributed by atoms with Crippen LogP contribution in [0.1, 0.15) is 32.7 Å². The number of aromatic carboxylic acids is 1. The van der Waals surface area contributed by atoms with Crippen LogP contribution in [-0.2, 0) is 4.79 Å². The molecule has 2 N–H and O–H groups in total. The first-order valence-corrected chi connectivity index (χ1v) is 5.47. The van der Waals surface area contributed by atoms with E-state index in [-0.39, 0.29) is 34.4 Å². The van der Waals surface area contributed by atoms with E-state index in [0.717, 1.165) is 0 Å². The molecule has 0 aliphatic heterocycles. The molecule has 0 heterocycles. The Kier molecular flexibility index (Phi) is 3.04. The molecule has 0 fully saturated rings. The van der Waals surface area contributed by atoms with Crippen molar-refractivity contribution in [3.8, 4) is 0 Å². The van der Waals surface area contributed by atoms with Crippen molar-refractivity contribution in [1.29, 1.82) is 0 Å². The molecule has 0 aromatic heterocycles. The lowest BCUT2D eigenvalue weighted by Crippen LogP contribution is -2.26. The fraction of sp³-hybridized carbons (Fsp3) is 0.0714.